The molecule has 170 valence electrons. The van der Waals surface area contributed by atoms with Crippen LogP contribution in [0.2, 0.25) is 5.02 Å². The number of nitrogens with zero attached hydrogens (tertiary/aromatic N) is 2. The second-order valence-electron chi connectivity index (χ2n) is 9.08. The van der Waals surface area contributed by atoms with Gasteiger partial charge >= 0.3 is 0 Å². The van der Waals surface area contributed by atoms with Crippen LogP contribution in [0.1, 0.15) is 41.5 Å². The molecule has 2 aliphatic rings. The number of pyridine rings is 1. The molecule has 1 saturated heterocycles. The lowest BCUT2D eigenvalue weighted by molar-refractivity contribution is -0.0254. The largest absolute Gasteiger partial charge is 0.438 e. The second kappa shape index (κ2) is 9.30. The first-order valence-electron chi connectivity index (χ1n) is 11.6. The molecule has 5 rings (SSSR count). The quantitative estimate of drug-likeness (QED) is 0.507. The summed E-state index contributed by atoms with van der Waals surface area (Å²) < 4.78 is 6.18. The number of rotatable bonds is 4. The third kappa shape index (κ3) is 4.70. The molecular weight excluding hydrogens is 432 g/mol. The normalized spacial score (nSPS) is 18.8. The topological polar surface area (TPSA) is 45.6 Å². The van der Waals surface area contributed by atoms with E-state index >= 15 is 0 Å². The number of halogens is 1. The molecule has 0 unspecified atom stereocenters. The fourth-order valence-electron chi connectivity index (χ4n) is 4.90. The predicted molar refractivity (Wildman–Crippen MR) is 133 cm³/mol. The highest BCUT2D eigenvalue weighted by Crippen LogP contribution is 2.39. The van der Waals surface area contributed by atoms with E-state index in [1.165, 1.54) is 16.7 Å². The van der Waals surface area contributed by atoms with Crippen LogP contribution >= 0.6 is 11.6 Å². The van der Waals surface area contributed by atoms with Gasteiger partial charge in [-0.1, -0.05) is 41.9 Å². The van der Waals surface area contributed by atoms with Gasteiger partial charge in [-0.3, -0.25) is 0 Å². The average molecular weight is 461 g/mol. The predicted octanol–water partition coefficient (Wildman–Crippen LogP) is 6.15. The molecule has 4 nitrogen and oxygen atoms in total. The maximum Gasteiger partial charge on any atom is 0.226 e. The highest BCUT2D eigenvalue weighted by Gasteiger charge is 2.33. The number of hydrogen-bond acceptors (Lipinski definition) is 4. The van der Waals surface area contributed by atoms with Gasteiger partial charge in [0.1, 0.15) is 5.75 Å². The number of aromatic nitrogens is 1. The number of hydrogen-bond donors (Lipinski definition) is 1. The number of aryl methyl sites for hydroxylation is 1. The maximum absolute atomic E-state index is 11.1. The molecule has 3 aromatic rings. The molecule has 0 amide bonds. The third-order valence-electron chi connectivity index (χ3n) is 6.96. The minimum Gasteiger partial charge on any atom is -0.438 e. The number of fused-ring (bicyclic) bond motifs is 2. The van der Waals surface area contributed by atoms with E-state index in [9.17, 15) is 5.11 Å². The standard InChI is InChI=1S/C28H29ClN2O2/c1-20-5-2-8-26-25(20)19-21(24-7-3-15-30-27(24)33-26)6-4-16-31-17-13-28(32,14-18-31)22-9-11-23(29)12-10-22/h2-3,5-12,15,32H,4,13-14,16-19H2,1H3. The fourth-order valence-corrected chi connectivity index (χ4v) is 5.03. The summed E-state index contributed by atoms with van der Waals surface area (Å²) in [4.78, 5) is 6.94. The smallest absolute Gasteiger partial charge is 0.226 e. The van der Waals surface area contributed by atoms with Crippen molar-refractivity contribution in [3.63, 3.8) is 0 Å². The Morgan fingerprint density at radius 1 is 1.09 bits per heavy atom. The number of piperidine rings is 1. The molecule has 0 bridgehead atoms. The van der Waals surface area contributed by atoms with Gasteiger partial charge in [0.2, 0.25) is 5.88 Å². The maximum atomic E-state index is 11.1. The number of likely N-dealkylation sites (tertiary alicyclic amines) is 1. The van der Waals surface area contributed by atoms with Crippen LogP contribution in [0.4, 0.5) is 0 Å². The molecule has 0 atom stereocenters. The van der Waals surface area contributed by atoms with Crippen molar-refractivity contribution in [1.82, 2.24) is 9.88 Å². The lowest BCUT2D eigenvalue weighted by Gasteiger charge is -2.38. The van der Waals surface area contributed by atoms with Crippen LogP contribution in [0, 0.1) is 6.92 Å². The Bertz CT molecular complexity index is 1160. The van der Waals surface area contributed by atoms with Crippen molar-refractivity contribution in [3.05, 3.63) is 94.1 Å². The minimum absolute atomic E-state index is 0.680. The third-order valence-corrected chi connectivity index (χ3v) is 7.21. The molecule has 1 aromatic heterocycles. The van der Waals surface area contributed by atoms with Crippen molar-refractivity contribution in [2.75, 3.05) is 19.6 Å². The van der Waals surface area contributed by atoms with Gasteiger partial charge in [-0.15, -0.1) is 0 Å². The van der Waals surface area contributed by atoms with Gasteiger partial charge < -0.3 is 14.7 Å². The zero-order valence-electron chi connectivity index (χ0n) is 18.9. The number of benzene rings is 2. The van der Waals surface area contributed by atoms with Gasteiger partial charge in [0, 0.05) is 48.4 Å². The number of allylic oxidation sites excluding steroid dienone is 1. The Morgan fingerprint density at radius 2 is 1.88 bits per heavy atom. The van der Waals surface area contributed by atoms with Crippen molar-refractivity contribution < 1.29 is 9.84 Å². The number of ether oxygens (including phenoxy) is 1. The van der Waals surface area contributed by atoms with Gasteiger partial charge in [0.05, 0.1) is 5.60 Å². The van der Waals surface area contributed by atoms with E-state index in [4.69, 9.17) is 16.3 Å². The summed E-state index contributed by atoms with van der Waals surface area (Å²) in [6, 6.07) is 17.9. The van der Waals surface area contributed by atoms with Gasteiger partial charge in [-0.25, -0.2) is 4.98 Å². The molecule has 1 N–H and O–H groups in total. The molecule has 2 aromatic carbocycles. The van der Waals surface area contributed by atoms with Crippen LogP contribution in [0.5, 0.6) is 11.6 Å². The summed E-state index contributed by atoms with van der Waals surface area (Å²) in [6.45, 7) is 4.87. The Kier molecular flexibility index (Phi) is 6.24. The first-order chi connectivity index (χ1) is 16.0. The molecule has 1 fully saturated rings. The molecular formula is C28H29ClN2O2. The Hall–Kier alpha value is -2.66. The Balaban J connectivity index is 1.27. The average Bonchev–Trinajstić information content (AvgIpc) is 2.98. The molecule has 0 radical (unpaired) electrons. The molecule has 5 heteroatoms. The molecule has 0 aliphatic carbocycles. The molecule has 2 aliphatic heterocycles. The molecule has 0 spiro atoms. The van der Waals surface area contributed by atoms with Crippen LogP contribution in [0.3, 0.4) is 0 Å². The van der Waals surface area contributed by atoms with Crippen molar-refractivity contribution in [2.45, 2.75) is 38.2 Å². The monoisotopic (exact) mass is 460 g/mol. The van der Waals surface area contributed by atoms with Crippen LogP contribution < -0.4 is 4.74 Å². The van der Waals surface area contributed by atoms with E-state index in [0.717, 1.165) is 62.2 Å². The summed E-state index contributed by atoms with van der Waals surface area (Å²) in [5, 5.41) is 11.8. The van der Waals surface area contributed by atoms with Crippen molar-refractivity contribution in [2.24, 2.45) is 0 Å². The van der Waals surface area contributed by atoms with Crippen molar-refractivity contribution in [3.8, 4) is 11.6 Å². The molecule has 3 heterocycles. The van der Waals surface area contributed by atoms with E-state index in [0.29, 0.717) is 10.9 Å². The first-order valence-corrected chi connectivity index (χ1v) is 12.0. The van der Waals surface area contributed by atoms with Crippen molar-refractivity contribution >= 4 is 17.2 Å². The van der Waals surface area contributed by atoms with Crippen LogP contribution in [-0.4, -0.2) is 34.6 Å². The Labute approximate surface area is 200 Å². The van der Waals surface area contributed by atoms with Crippen LogP contribution in [0.25, 0.3) is 5.57 Å². The summed E-state index contributed by atoms with van der Waals surface area (Å²) in [7, 11) is 0. The van der Waals surface area contributed by atoms with Crippen LogP contribution in [-0.2, 0) is 12.0 Å². The van der Waals surface area contributed by atoms with E-state index in [1.54, 1.807) is 6.20 Å². The fraction of sp³-hybridized carbons (Fsp3) is 0.321. The van der Waals surface area contributed by atoms with Gasteiger partial charge in [-0.2, -0.15) is 0 Å². The second-order valence-corrected chi connectivity index (χ2v) is 9.52. The zero-order valence-corrected chi connectivity index (χ0v) is 19.7. The van der Waals surface area contributed by atoms with Gasteiger partial charge in [-0.05, 0) is 73.2 Å². The van der Waals surface area contributed by atoms with Gasteiger partial charge in [0.25, 0.3) is 0 Å². The number of aliphatic hydroxyl groups is 1. The van der Waals surface area contributed by atoms with E-state index < -0.39 is 5.60 Å². The SMILES string of the molecule is Cc1cccc2c1CC(=CCCN1CCC(O)(c3ccc(Cl)cc3)CC1)c1cccnc1O2. The summed E-state index contributed by atoms with van der Waals surface area (Å²) >= 11 is 6.01. The highest BCUT2D eigenvalue weighted by atomic mass is 35.5. The van der Waals surface area contributed by atoms with E-state index in [-0.39, 0.29) is 0 Å². The molecule has 33 heavy (non-hydrogen) atoms. The van der Waals surface area contributed by atoms with Crippen LogP contribution in [0.15, 0.2) is 66.9 Å². The van der Waals surface area contributed by atoms with E-state index in [1.807, 2.05) is 42.5 Å². The highest BCUT2D eigenvalue weighted by molar-refractivity contribution is 6.30. The lowest BCUT2D eigenvalue weighted by atomic mass is 9.84. The minimum atomic E-state index is -0.760. The Morgan fingerprint density at radius 3 is 2.67 bits per heavy atom. The first kappa shape index (κ1) is 22.1. The summed E-state index contributed by atoms with van der Waals surface area (Å²) in [5.41, 5.74) is 5.01. The van der Waals surface area contributed by atoms with Crippen molar-refractivity contribution in [1.29, 1.82) is 0 Å². The molecule has 0 saturated carbocycles. The zero-order chi connectivity index (χ0) is 22.8. The lowest BCUT2D eigenvalue weighted by Crippen LogP contribution is -2.42. The van der Waals surface area contributed by atoms with Gasteiger partial charge in [0.15, 0.2) is 0 Å². The summed E-state index contributed by atoms with van der Waals surface area (Å²) in [5.74, 6) is 1.58. The summed E-state index contributed by atoms with van der Waals surface area (Å²) in [6.07, 6.45) is 7.39. The van der Waals surface area contributed by atoms with E-state index in [2.05, 4.69) is 35.0 Å².